The lowest BCUT2D eigenvalue weighted by Gasteiger charge is -2.13. The van der Waals surface area contributed by atoms with Crippen LogP contribution in [0.15, 0.2) is 12.1 Å². The zero-order chi connectivity index (χ0) is 13.8. The second kappa shape index (κ2) is 8.15. The van der Waals surface area contributed by atoms with E-state index < -0.39 is 0 Å². The van der Waals surface area contributed by atoms with Crippen LogP contribution in [-0.2, 0) is 4.79 Å². The van der Waals surface area contributed by atoms with Gasteiger partial charge in [-0.2, -0.15) is 0 Å². The minimum absolute atomic E-state index is 0. The Bertz CT molecular complexity index is 479. The van der Waals surface area contributed by atoms with E-state index in [0.717, 1.165) is 19.5 Å². The third-order valence-corrected chi connectivity index (χ3v) is 3.78. The molecule has 1 aromatic carbocycles. The van der Waals surface area contributed by atoms with Crippen molar-refractivity contribution in [1.29, 1.82) is 0 Å². The van der Waals surface area contributed by atoms with Crippen molar-refractivity contribution in [2.45, 2.75) is 12.5 Å². The lowest BCUT2D eigenvalue weighted by molar-refractivity contribution is -0.123. The van der Waals surface area contributed by atoms with Crippen LogP contribution in [0.4, 0.5) is 0 Å². The van der Waals surface area contributed by atoms with E-state index in [1.165, 1.54) is 12.1 Å². The maximum atomic E-state index is 11.7. The number of nitrogens with one attached hydrogen (secondary N) is 2. The smallest absolute Gasteiger partial charge is 0.258 e. The predicted octanol–water partition coefficient (Wildman–Crippen LogP) is 2.93. The van der Waals surface area contributed by atoms with E-state index in [0.29, 0.717) is 20.8 Å². The maximum Gasteiger partial charge on any atom is 0.258 e. The van der Waals surface area contributed by atoms with E-state index in [-0.39, 0.29) is 31.0 Å². The highest BCUT2D eigenvalue weighted by Crippen LogP contribution is 2.33. The molecule has 112 valence electrons. The van der Waals surface area contributed by atoms with Gasteiger partial charge in [0.2, 0.25) is 0 Å². The number of halogens is 4. The van der Waals surface area contributed by atoms with Crippen LogP contribution < -0.4 is 15.4 Å². The summed E-state index contributed by atoms with van der Waals surface area (Å²) in [6.07, 6.45) is 0.930. The van der Waals surface area contributed by atoms with Gasteiger partial charge in [0, 0.05) is 18.7 Å². The summed E-state index contributed by atoms with van der Waals surface area (Å²) in [5.41, 5.74) is 0. The largest absolute Gasteiger partial charge is 0.482 e. The van der Waals surface area contributed by atoms with Gasteiger partial charge >= 0.3 is 0 Å². The molecule has 0 bridgehead atoms. The van der Waals surface area contributed by atoms with E-state index in [1.807, 2.05) is 0 Å². The molecule has 20 heavy (non-hydrogen) atoms. The first-order chi connectivity index (χ1) is 9.06. The van der Waals surface area contributed by atoms with Gasteiger partial charge in [-0.25, -0.2) is 0 Å². The molecule has 1 atom stereocenters. The molecule has 8 heteroatoms. The maximum absolute atomic E-state index is 11.7. The van der Waals surface area contributed by atoms with E-state index in [9.17, 15) is 4.79 Å². The highest BCUT2D eigenvalue weighted by Gasteiger charge is 2.17. The topological polar surface area (TPSA) is 50.4 Å². The fraction of sp³-hybridized carbons (Fsp3) is 0.417. The number of ether oxygens (including phenoxy) is 1. The summed E-state index contributed by atoms with van der Waals surface area (Å²) in [5.74, 6) is 0.159. The summed E-state index contributed by atoms with van der Waals surface area (Å²) >= 11 is 17.6. The lowest BCUT2D eigenvalue weighted by atomic mass is 10.2. The Morgan fingerprint density at radius 1 is 1.30 bits per heavy atom. The van der Waals surface area contributed by atoms with Crippen molar-refractivity contribution >= 4 is 53.1 Å². The van der Waals surface area contributed by atoms with Crippen molar-refractivity contribution in [3.8, 4) is 5.75 Å². The molecular weight excluding hydrogens is 346 g/mol. The van der Waals surface area contributed by atoms with Crippen molar-refractivity contribution in [2.75, 3.05) is 19.7 Å². The molecular formula is C12H14Cl4N2O2. The minimum Gasteiger partial charge on any atom is -0.482 e. The van der Waals surface area contributed by atoms with Crippen molar-refractivity contribution < 1.29 is 9.53 Å². The summed E-state index contributed by atoms with van der Waals surface area (Å²) in [5, 5.41) is 7.04. The highest BCUT2D eigenvalue weighted by molar-refractivity contribution is 6.43. The van der Waals surface area contributed by atoms with Gasteiger partial charge in [-0.05, 0) is 19.0 Å². The summed E-state index contributed by atoms with van der Waals surface area (Å²) in [6.45, 7) is 1.61. The molecule has 1 aromatic rings. The van der Waals surface area contributed by atoms with E-state index in [4.69, 9.17) is 39.5 Å². The Hall–Kier alpha value is -0.390. The Labute approximate surface area is 138 Å². The van der Waals surface area contributed by atoms with Gasteiger partial charge in [-0.3, -0.25) is 4.79 Å². The second-order valence-electron chi connectivity index (χ2n) is 4.24. The van der Waals surface area contributed by atoms with E-state index in [2.05, 4.69) is 10.6 Å². The van der Waals surface area contributed by atoms with Gasteiger partial charge in [0.1, 0.15) is 5.75 Å². The monoisotopic (exact) mass is 358 g/mol. The van der Waals surface area contributed by atoms with Gasteiger partial charge in [-0.15, -0.1) is 12.4 Å². The molecule has 2 rings (SSSR count). The fourth-order valence-electron chi connectivity index (χ4n) is 1.81. The minimum atomic E-state index is -0.184. The fourth-order valence-corrected chi connectivity index (χ4v) is 2.40. The van der Waals surface area contributed by atoms with Gasteiger partial charge in [0.15, 0.2) is 6.61 Å². The number of benzene rings is 1. The molecule has 1 saturated heterocycles. The van der Waals surface area contributed by atoms with Crippen LogP contribution in [0.5, 0.6) is 5.75 Å². The first-order valence-corrected chi connectivity index (χ1v) is 6.97. The zero-order valence-electron chi connectivity index (χ0n) is 10.4. The Kier molecular flexibility index (Phi) is 7.20. The Morgan fingerprint density at radius 3 is 2.65 bits per heavy atom. The molecule has 1 fully saturated rings. The second-order valence-corrected chi connectivity index (χ2v) is 5.46. The van der Waals surface area contributed by atoms with E-state index in [1.54, 1.807) is 0 Å². The van der Waals surface area contributed by atoms with Crippen molar-refractivity contribution in [1.82, 2.24) is 10.6 Å². The summed E-state index contributed by atoms with van der Waals surface area (Å²) in [6, 6.07) is 3.15. The number of amides is 1. The summed E-state index contributed by atoms with van der Waals surface area (Å²) in [7, 11) is 0. The normalized spacial score (nSPS) is 17.4. The molecule has 1 aliphatic rings. The Balaban J connectivity index is 0.00000200. The Morgan fingerprint density at radius 2 is 2.00 bits per heavy atom. The summed E-state index contributed by atoms with van der Waals surface area (Å²) in [4.78, 5) is 11.7. The molecule has 4 nitrogen and oxygen atoms in total. The zero-order valence-corrected chi connectivity index (χ0v) is 13.5. The van der Waals surface area contributed by atoms with Crippen LogP contribution in [0.3, 0.4) is 0 Å². The van der Waals surface area contributed by atoms with Gasteiger partial charge in [-0.1, -0.05) is 34.8 Å². The molecule has 0 spiro atoms. The van der Waals surface area contributed by atoms with Crippen LogP contribution in [0.1, 0.15) is 6.42 Å². The standard InChI is InChI=1S/C12H13Cl3N2O2.ClH/c13-8-3-10(15)11(4-9(8)14)19-6-12(18)17-7-1-2-16-5-7;/h3-4,7,16H,1-2,5-6H2,(H,17,18);1H. The third-order valence-electron chi connectivity index (χ3n) is 2.76. The number of hydrogen-bond donors (Lipinski definition) is 2. The van der Waals surface area contributed by atoms with Crippen LogP contribution in [-0.4, -0.2) is 31.6 Å². The molecule has 1 amide bonds. The number of rotatable bonds is 4. The SMILES string of the molecule is Cl.O=C(COc1cc(Cl)c(Cl)cc1Cl)NC1CCNC1. The molecule has 2 N–H and O–H groups in total. The van der Waals surface area contributed by atoms with Crippen LogP contribution in [0.25, 0.3) is 0 Å². The van der Waals surface area contributed by atoms with Gasteiger partial charge in [0.25, 0.3) is 5.91 Å². The van der Waals surface area contributed by atoms with E-state index >= 15 is 0 Å². The first kappa shape index (κ1) is 17.7. The molecule has 0 aromatic heterocycles. The number of carbonyl (C=O) groups excluding carboxylic acids is 1. The molecule has 0 saturated carbocycles. The molecule has 1 aliphatic heterocycles. The van der Waals surface area contributed by atoms with Crippen molar-refractivity contribution in [2.24, 2.45) is 0 Å². The molecule has 0 radical (unpaired) electrons. The van der Waals surface area contributed by atoms with Crippen molar-refractivity contribution in [3.63, 3.8) is 0 Å². The predicted molar refractivity (Wildman–Crippen MR) is 83.6 cm³/mol. The van der Waals surface area contributed by atoms with Crippen LogP contribution in [0, 0.1) is 0 Å². The van der Waals surface area contributed by atoms with Gasteiger partial charge < -0.3 is 15.4 Å². The molecule has 0 aliphatic carbocycles. The quantitative estimate of drug-likeness (QED) is 0.812. The third kappa shape index (κ3) is 4.86. The number of hydrogen-bond acceptors (Lipinski definition) is 3. The average Bonchev–Trinajstić information content (AvgIpc) is 2.85. The molecule has 1 heterocycles. The van der Waals surface area contributed by atoms with Crippen molar-refractivity contribution in [3.05, 3.63) is 27.2 Å². The summed E-state index contributed by atoms with van der Waals surface area (Å²) < 4.78 is 5.34. The first-order valence-electron chi connectivity index (χ1n) is 5.83. The number of carbonyl (C=O) groups is 1. The van der Waals surface area contributed by atoms with Crippen LogP contribution in [0.2, 0.25) is 15.1 Å². The highest BCUT2D eigenvalue weighted by atomic mass is 35.5. The lowest BCUT2D eigenvalue weighted by Crippen LogP contribution is -2.39. The van der Waals surface area contributed by atoms with Crippen LogP contribution >= 0.6 is 47.2 Å². The average molecular weight is 360 g/mol. The van der Waals surface area contributed by atoms with Gasteiger partial charge in [0.05, 0.1) is 15.1 Å². The molecule has 1 unspecified atom stereocenters.